The third-order valence-electron chi connectivity index (χ3n) is 3.69. The predicted octanol–water partition coefficient (Wildman–Crippen LogP) is 2.10. The van der Waals surface area contributed by atoms with Gasteiger partial charge in [0.25, 0.3) is 0 Å². The monoisotopic (exact) mass is 301 g/mol. The van der Waals surface area contributed by atoms with Crippen LogP contribution in [0.15, 0.2) is 24.4 Å². The molecule has 1 aliphatic rings. The van der Waals surface area contributed by atoms with Gasteiger partial charge in [-0.2, -0.15) is 0 Å². The fraction of sp³-hybridized carbons (Fsp3) is 0.267. The van der Waals surface area contributed by atoms with Crippen molar-refractivity contribution in [1.29, 1.82) is 0 Å². The number of urea groups is 1. The van der Waals surface area contributed by atoms with Crippen LogP contribution >= 0.6 is 0 Å². The lowest BCUT2D eigenvalue weighted by Crippen LogP contribution is -2.40. The molecule has 0 saturated carbocycles. The Balaban J connectivity index is 1.84. The van der Waals surface area contributed by atoms with Crippen LogP contribution in [-0.4, -0.2) is 27.4 Å². The predicted molar refractivity (Wildman–Crippen MR) is 80.1 cm³/mol. The molecule has 2 aromatic rings. The van der Waals surface area contributed by atoms with Crippen molar-refractivity contribution in [3.8, 4) is 0 Å². The molecule has 0 saturated heterocycles. The van der Waals surface area contributed by atoms with Crippen molar-refractivity contribution in [2.75, 3.05) is 11.9 Å². The number of nitrogens with zero attached hydrogens (tertiary/aromatic N) is 3. The van der Waals surface area contributed by atoms with Crippen molar-refractivity contribution in [2.45, 2.75) is 19.9 Å². The maximum Gasteiger partial charge on any atom is 0.315 e. The van der Waals surface area contributed by atoms with Crippen LogP contribution < -0.4 is 11.1 Å². The molecular formula is C15H16FN5O. The Bertz CT molecular complexity index is 734. The van der Waals surface area contributed by atoms with Gasteiger partial charge in [0.1, 0.15) is 5.82 Å². The average Bonchev–Trinajstić information content (AvgIpc) is 2.49. The van der Waals surface area contributed by atoms with E-state index in [0.717, 1.165) is 22.5 Å². The van der Waals surface area contributed by atoms with E-state index in [2.05, 4.69) is 15.3 Å². The first kappa shape index (κ1) is 14.2. The molecule has 1 aliphatic heterocycles. The Morgan fingerprint density at radius 1 is 1.45 bits per heavy atom. The molecule has 0 bridgehead atoms. The number of primary amides is 1. The number of anilines is 2. The summed E-state index contributed by atoms with van der Waals surface area (Å²) in [4.78, 5) is 21.5. The Hall–Kier alpha value is -2.70. The van der Waals surface area contributed by atoms with Crippen LogP contribution in [0.25, 0.3) is 0 Å². The van der Waals surface area contributed by atoms with Crippen LogP contribution in [-0.2, 0) is 13.0 Å². The van der Waals surface area contributed by atoms with E-state index < -0.39 is 6.03 Å². The molecule has 22 heavy (non-hydrogen) atoms. The third-order valence-corrected chi connectivity index (χ3v) is 3.69. The second-order valence-electron chi connectivity index (χ2n) is 5.26. The molecule has 0 fully saturated rings. The molecule has 7 heteroatoms. The Morgan fingerprint density at radius 3 is 3.00 bits per heavy atom. The minimum absolute atomic E-state index is 0.286. The maximum atomic E-state index is 13.1. The van der Waals surface area contributed by atoms with Crippen LogP contribution in [0, 0.1) is 12.7 Å². The lowest BCUT2D eigenvalue weighted by atomic mass is 10.1. The van der Waals surface area contributed by atoms with Gasteiger partial charge in [-0.1, -0.05) is 0 Å². The molecular weight excluding hydrogens is 285 g/mol. The minimum Gasteiger partial charge on any atom is -0.351 e. The van der Waals surface area contributed by atoms with Gasteiger partial charge in [-0.05, 0) is 42.7 Å². The summed E-state index contributed by atoms with van der Waals surface area (Å²) in [5.41, 5.74) is 8.61. The summed E-state index contributed by atoms with van der Waals surface area (Å²) in [6.45, 7) is 2.76. The van der Waals surface area contributed by atoms with Gasteiger partial charge in [0.05, 0.1) is 12.2 Å². The van der Waals surface area contributed by atoms with E-state index in [1.807, 2.05) is 0 Å². The molecule has 2 amide bonds. The van der Waals surface area contributed by atoms with Crippen molar-refractivity contribution in [3.63, 3.8) is 0 Å². The van der Waals surface area contributed by atoms with Crippen LogP contribution in [0.3, 0.4) is 0 Å². The molecule has 114 valence electrons. The molecule has 3 rings (SSSR count). The standard InChI is InChI=1S/C15H16FN5O/c1-9-6-11(16)2-3-12(9)19-15-18-7-10-4-5-21(14(17)22)8-13(10)20-15/h2-3,6-7H,4-5,8H2,1H3,(H2,17,22)(H,18,19,20). The van der Waals surface area contributed by atoms with E-state index in [4.69, 9.17) is 5.73 Å². The number of halogens is 1. The number of benzene rings is 1. The summed E-state index contributed by atoms with van der Waals surface area (Å²) in [6.07, 6.45) is 2.44. The highest BCUT2D eigenvalue weighted by Gasteiger charge is 2.20. The van der Waals surface area contributed by atoms with Gasteiger partial charge < -0.3 is 16.0 Å². The normalized spacial score (nSPS) is 13.6. The summed E-state index contributed by atoms with van der Waals surface area (Å²) in [5.74, 6) is 0.131. The number of hydrogen-bond acceptors (Lipinski definition) is 4. The quantitative estimate of drug-likeness (QED) is 0.889. The highest BCUT2D eigenvalue weighted by atomic mass is 19.1. The number of amides is 2. The van der Waals surface area contributed by atoms with Crippen LogP contribution in [0.2, 0.25) is 0 Å². The van der Waals surface area contributed by atoms with Gasteiger partial charge in [0.15, 0.2) is 0 Å². The number of rotatable bonds is 2. The van der Waals surface area contributed by atoms with Gasteiger partial charge in [-0.25, -0.2) is 19.2 Å². The topological polar surface area (TPSA) is 84.1 Å². The summed E-state index contributed by atoms with van der Waals surface area (Å²) in [5, 5.41) is 3.07. The van der Waals surface area contributed by atoms with Crippen LogP contribution in [0.1, 0.15) is 16.8 Å². The molecule has 0 radical (unpaired) electrons. The zero-order valence-electron chi connectivity index (χ0n) is 12.1. The number of aromatic nitrogens is 2. The van der Waals surface area contributed by atoms with E-state index in [-0.39, 0.29) is 5.82 Å². The summed E-state index contributed by atoms with van der Waals surface area (Å²) in [7, 11) is 0. The molecule has 0 aliphatic carbocycles. The smallest absolute Gasteiger partial charge is 0.315 e. The van der Waals surface area contributed by atoms with Crippen LogP contribution in [0.4, 0.5) is 20.8 Å². The zero-order valence-corrected chi connectivity index (χ0v) is 12.1. The van der Waals surface area contributed by atoms with Gasteiger partial charge >= 0.3 is 6.03 Å². The number of carbonyl (C=O) groups excluding carboxylic acids is 1. The van der Waals surface area contributed by atoms with E-state index in [9.17, 15) is 9.18 Å². The Labute approximate surface area is 127 Å². The molecule has 0 unspecified atom stereocenters. The van der Waals surface area contributed by atoms with Crippen molar-refractivity contribution >= 4 is 17.7 Å². The largest absolute Gasteiger partial charge is 0.351 e. The SMILES string of the molecule is Cc1cc(F)ccc1Nc1ncc2c(n1)CN(C(N)=O)CC2. The van der Waals surface area contributed by atoms with Crippen molar-refractivity contribution in [1.82, 2.24) is 14.9 Å². The average molecular weight is 301 g/mol. The van der Waals surface area contributed by atoms with E-state index >= 15 is 0 Å². The molecule has 2 heterocycles. The number of aryl methyl sites for hydroxylation is 1. The molecule has 3 N–H and O–H groups in total. The molecule has 1 aromatic carbocycles. The first-order valence-corrected chi connectivity index (χ1v) is 6.95. The Morgan fingerprint density at radius 2 is 2.27 bits per heavy atom. The molecule has 0 spiro atoms. The van der Waals surface area contributed by atoms with Crippen molar-refractivity contribution < 1.29 is 9.18 Å². The fourth-order valence-electron chi connectivity index (χ4n) is 2.44. The van der Waals surface area contributed by atoms with Gasteiger partial charge in [0, 0.05) is 18.4 Å². The molecule has 6 nitrogen and oxygen atoms in total. The summed E-state index contributed by atoms with van der Waals surface area (Å²) >= 11 is 0. The molecule has 1 aromatic heterocycles. The van der Waals surface area contributed by atoms with Gasteiger partial charge in [0.2, 0.25) is 5.95 Å². The number of nitrogens with two attached hydrogens (primary N) is 1. The van der Waals surface area contributed by atoms with Crippen molar-refractivity contribution in [3.05, 3.63) is 47.0 Å². The zero-order chi connectivity index (χ0) is 15.7. The maximum absolute atomic E-state index is 13.1. The minimum atomic E-state index is -0.451. The number of fused-ring (bicyclic) bond motifs is 1. The lowest BCUT2D eigenvalue weighted by molar-refractivity contribution is 0.201. The molecule has 0 atom stereocenters. The lowest BCUT2D eigenvalue weighted by Gasteiger charge is -2.26. The van der Waals surface area contributed by atoms with Crippen molar-refractivity contribution in [2.24, 2.45) is 5.73 Å². The number of nitrogens with one attached hydrogen (secondary N) is 1. The fourth-order valence-corrected chi connectivity index (χ4v) is 2.44. The van der Waals surface area contributed by atoms with Crippen LogP contribution in [0.5, 0.6) is 0 Å². The first-order valence-electron chi connectivity index (χ1n) is 6.95. The Kier molecular flexibility index (Phi) is 3.62. The highest BCUT2D eigenvalue weighted by Crippen LogP contribution is 2.22. The van der Waals surface area contributed by atoms with Gasteiger partial charge in [-0.15, -0.1) is 0 Å². The first-order chi connectivity index (χ1) is 10.5. The summed E-state index contributed by atoms with van der Waals surface area (Å²) in [6, 6.07) is 4.01. The second-order valence-corrected chi connectivity index (χ2v) is 5.26. The van der Waals surface area contributed by atoms with E-state index in [0.29, 0.717) is 25.5 Å². The van der Waals surface area contributed by atoms with E-state index in [1.165, 1.54) is 12.1 Å². The van der Waals surface area contributed by atoms with E-state index in [1.54, 1.807) is 24.1 Å². The number of hydrogen-bond donors (Lipinski definition) is 2. The number of carbonyl (C=O) groups is 1. The summed E-state index contributed by atoms with van der Waals surface area (Å²) < 4.78 is 13.1. The second kappa shape index (κ2) is 5.59. The third kappa shape index (κ3) is 2.83. The van der Waals surface area contributed by atoms with Gasteiger partial charge in [-0.3, -0.25) is 0 Å². The highest BCUT2D eigenvalue weighted by molar-refractivity contribution is 5.72.